The monoisotopic (exact) mass is 274 g/mol. The standard InChI is InChI=1S/C15H18N2O3/c1-19-15(18)14-11-17(9-10-20-14)13(7-8-16)12-5-3-2-4-6-12/h2-6,13-14H,7,9-11H2,1H3. The summed E-state index contributed by atoms with van der Waals surface area (Å²) in [6, 6.07) is 12.1. The predicted molar refractivity (Wildman–Crippen MR) is 72.7 cm³/mol. The van der Waals surface area contributed by atoms with E-state index in [4.69, 9.17) is 14.7 Å². The van der Waals surface area contributed by atoms with E-state index in [0.29, 0.717) is 26.1 Å². The van der Waals surface area contributed by atoms with Crippen LogP contribution in [0.25, 0.3) is 0 Å². The van der Waals surface area contributed by atoms with Crippen molar-refractivity contribution in [1.82, 2.24) is 4.90 Å². The first-order valence-corrected chi connectivity index (χ1v) is 6.61. The van der Waals surface area contributed by atoms with Gasteiger partial charge in [-0.3, -0.25) is 4.90 Å². The molecule has 5 heteroatoms. The van der Waals surface area contributed by atoms with Gasteiger partial charge >= 0.3 is 5.97 Å². The molecule has 2 rings (SSSR count). The molecule has 1 aliphatic heterocycles. The van der Waals surface area contributed by atoms with Crippen molar-refractivity contribution < 1.29 is 14.3 Å². The van der Waals surface area contributed by atoms with Crippen LogP contribution in [0.2, 0.25) is 0 Å². The van der Waals surface area contributed by atoms with Crippen molar-refractivity contribution in [2.24, 2.45) is 0 Å². The van der Waals surface area contributed by atoms with Crippen molar-refractivity contribution in [2.45, 2.75) is 18.6 Å². The molecule has 1 aromatic carbocycles. The number of nitriles is 1. The number of benzene rings is 1. The number of nitrogens with zero attached hydrogens (tertiary/aromatic N) is 2. The van der Waals surface area contributed by atoms with Gasteiger partial charge in [0.15, 0.2) is 6.10 Å². The van der Waals surface area contributed by atoms with Gasteiger partial charge in [-0.25, -0.2) is 4.79 Å². The summed E-state index contributed by atoms with van der Waals surface area (Å²) in [5.41, 5.74) is 1.08. The highest BCUT2D eigenvalue weighted by molar-refractivity contribution is 5.74. The molecule has 0 amide bonds. The lowest BCUT2D eigenvalue weighted by Gasteiger charge is -2.36. The molecule has 106 valence electrons. The van der Waals surface area contributed by atoms with Crippen molar-refractivity contribution in [3.05, 3.63) is 35.9 Å². The van der Waals surface area contributed by atoms with Crippen molar-refractivity contribution >= 4 is 5.97 Å². The second-order valence-electron chi connectivity index (χ2n) is 4.67. The van der Waals surface area contributed by atoms with E-state index in [1.54, 1.807) is 0 Å². The molecule has 0 aliphatic carbocycles. The first-order chi connectivity index (χ1) is 9.76. The lowest BCUT2D eigenvalue weighted by Crippen LogP contribution is -2.47. The Morgan fingerprint density at radius 1 is 1.55 bits per heavy atom. The van der Waals surface area contributed by atoms with Gasteiger partial charge in [0.25, 0.3) is 0 Å². The summed E-state index contributed by atoms with van der Waals surface area (Å²) in [7, 11) is 1.36. The Morgan fingerprint density at radius 3 is 2.95 bits per heavy atom. The molecule has 0 saturated carbocycles. The van der Waals surface area contributed by atoms with Gasteiger partial charge < -0.3 is 9.47 Å². The van der Waals surface area contributed by atoms with Crippen LogP contribution in [0, 0.1) is 11.3 Å². The number of methoxy groups -OCH3 is 1. The van der Waals surface area contributed by atoms with Gasteiger partial charge in [0.05, 0.1) is 26.2 Å². The maximum atomic E-state index is 11.6. The number of esters is 1. The first-order valence-electron chi connectivity index (χ1n) is 6.61. The van der Waals surface area contributed by atoms with Gasteiger partial charge in [-0.1, -0.05) is 30.3 Å². The van der Waals surface area contributed by atoms with Crippen molar-refractivity contribution in [2.75, 3.05) is 26.8 Å². The Hall–Kier alpha value is -1.90. The maximum absolute atomic E-state index is 11.6. The van der Waals surface area contributed by atoms with Crippen LogP contribution < -0.4 is 0 Å². The van der Waals surface area contributed by atoms with Crippen LogP contribution in [-0.4, -0.2) is 43.8 Å². The van der Waals surface area contributed by atoms with E-state index >= 15 is 0 Å². The molecule has 1 aliphatic rings. The molecule has 1 fully saturated rings. The van der Waals surface area contributed by atoms with E-state index in [0.717, 1.165) is 5.56 Å². The number of rotatable bonds is 4. The Morgan fingerprint density at radius 2 is 2.30 bits per heavy atom. The van der Waals surface area contributed by atoms with Crippen molar-refractivity contribution in [3.8, 4) is 6.07 Å². The highest BCUT2D eigenvalue weighted by atomic mass is 16.6. The lowest BCUT2D eigenvalue weighted by atomic mass is 10.0. The molecule has 0 radical (unpaired) electrons. The van der Waals surface area contributed by atoms with Crippen LogP contribution >= 0.6 is 0 Å². The van der Waals surface area contributed by atoms with Gasteiger partial charge in [-0.15, -0.1) is 0 Å². The molecule has 0 spiro atoms. The van der Waals surface area contributed by atoms with Gasteiger partial charge in [-0.2, -0.15) is 5.26 Å². The number of carbonyl (C=O) groups excluding carboxylic acids is 1. The second kappa shape index (κ2) is 7.04. The van der Waals surface area contributed by atoms with Crippen LogP contribution in [-0.2, 0) is 14.3 Å². The van der Waals surface area contributed by atoms with Crippen LogP contribution in [0.3, 0.4) is 0 Å². The second-order valence-corrected chi connectivity index (χ2v) is 4.67. The smallest absolute Gasteiger partial charge is 0.336 e. The predicted octanol–water partition coefficient (Wildman–Crippen LogP) is 1.52. The van der Waals surface area contributed by atoms with E-state index in [9.17, 15) is 4.79 Å². The number of carbonyl (C=O) groups is 1. The Bertz CT molecular complexity index is 484. The Kier molecular flexibility index (Phi) is 5.10. The number of ether oxygens (including phenoxy) is 2. The van der Waals surface area contributed by atoms with Gasteiger partial charge in [0, 0.05) is 19.1 Å². The van der Waals surface area contributed by atoms with Crippen molar-refractivity contribution in [3.63, 3.8) is 0 Å². The minimum atomic E-state index is -0.571. The third-order valence-electron chi connectivity index (χ3n) is 3.47. The molecular formula is C15H18N2O3. The zero-order valence-corrected chi connectivity index (χ0v) is 11.5. The zero-order valence-electron chi connectivity index (χ0n) is 11.5. The van der Waals surface area contributed by atoms with E-state index in [2.05, 4.69) is 11.0 Å². The molecule has 0 bridgehead atoms. The van der Waals surface area contributed by atoms with Crippen LogP contribution in [0.15, 0.2) is 30.3 Å². The maximum Gasteiger partial charge on any atom is 0.336 e. The van der Waals surface area contributed by atoms with Gasteiger partial charge in [0.2, 0.25) is 0 Å². The molecule has 1 saturated heterocycles. The van der Waals surface area contributed by atoms with Crippen LogP contribution in [0.4, 0.5) is 0 Å². The largest absolute Gasteiger partial charge is 0.467 e. The van der Waals surface area contributed by atoms with Crippen molar-refractivity contribution in [1.29, 1.82) is 5.26 Å². The highest BCUT2D eigenvalue weighted by Gasteiger charge is 2.31. The molecular weight excluding hydrogens is 256 g/mol. The molecule has 1 aromatic rings. The molecule has 2 unspecified atom stereocenters. The minimum absolute atomic E-state index is 0.0164. The topological polar surface area (TPSA) is 62.6 Å². The summed E-state index contributed by atoms with van der Waals surface area (Å²) in [4.78, 5) is 13.7. The van der Waals surface area contributed by atoms with E-state index in [-0.39, 0.29) is 12.0 Å². The fourth-order valence-electron chi connectivity index (χ4n) is 2.45. The summed E-state index contributed by atoms with van der Waals surface area (Å²) in [6.45, 7) is 1.62. The molecule has 0 N–H and O–H groups in total. The third-order valence-corrected chi connectivity index (χ3v) is 3.47. The summed E-state index contributed by atoms with van der Waals surface area (Å²) >= 11 is 0. The number of morpholine rings is 1. The lowest BCUT2D eigenvalue weighted by molar-refractivity contribution is -0.160. The van der Waals surface area contributed by atoms with Gasteiger partial charge in [-0.05, 0) is 5.56 Å². The summed E-state index contributed by atoms with van der Waals surface area (Å²) in [5, 5.41) is 9.05. The molecule has 20 heavy (non-hydrogen) atoms. The fourth-order valence-corrected chi connectivity index (χ4v) is 2.45. The average molecular weight is 274 g/mol. The normalized spacial score (nSPS) is 20.9. The summed E-state index contributed by atoms with van der Waals surface area (Å²) in [5.74, 6) is -0.363. The highest BCUT2D eigenvalue weighted by Crippen LogP contribution is 2.26. The number of hydrogen-bond acceptors (Lipinski definition) is 5. The molecule has 1 heterocycles. The van der Waals surface area contributed by atoms with Crippen LogP contribution in [0.1, 0.15) is 18.0 Å². The quantitative estimate of drug-likeness (QED) is 0.779. The van der Waals surface area contributed by atoms with Crippen LogP contribution in [0.5, 0.6) is 0 Å². The summed E-state index contributed by atoms with van der Waals surface area (Å²) in [6.07, 6.45) is -0.184. The van der Waals surface area contributed by atoms with E-state index in [1.165, 1.54) is 7.11 Å². The average Bonchev–Trinajstić information content (AvgIpc) is 2.52. The number of hydrogen-bond donors (Lipinski definition) is 0. The zero-order chi connectivity index (χ0) is 14.4. The Balaban J connectivity index is 2.13. The Labute approximate surface area is 118 Å². The third kappa shape index (κ3) is 3.35. The SMILES string of the molecule is COC(=O)C1CN(C(CC#N)c2ccccc2)CCO1. The molecule has 0 aromatic heterocycles. The fraction of sp³-hybridized carbons (Fsp3) is 0.467. The molecule has 5 nitrogen and oxygen atoms in total. The first kappa shape index (κ1) is 14.5. The molecule has 2 atom stereocenters. The van der Waals surface area contributed by atoms with Gasteiger partial charge in [0.1, 0.15) is 0 Å². The van der Waals surface area contributed by atoms with E-state index < -0.39 is 6.10 Å². The minimum Gasteiger partial charge on any atom is -0.467 e. The van der Waals surface area contributed by atoms with E-state index in [1.807, 2.05) is 30.3 Å². The summed E-state index contributed by atoms with van der Waals surface area (Å²) < 4.78 is 10.2.